The van der Waals surface area contributed by atoms with Crippen molar-refractivity contribution in [1.82, 2.24) is 10.9 Å². The molecular weight excluding hydrogens is 204 g/mol. The fourth-order valence-corrected chi connectivity index (χ4v) is 1.03. The Morgan fingerprint density at radius 1 is 1.25 bits per heavy atom. The highest BCUT2D eigenvalue weighted by molar-refractivity contribution is 6.04. The maximum Gasteiger partial charge on any atom is 0.238 e. The summed E-state index contributed by atoms with van der Waals surface area (Å²) in [6.45, 7) is 1.75. The van der Waals surface area contributed by atoms with Crippen molar-refractivity contribution in [2.24, 2.45) is 0 Å². The molecule has 0 aromatic heterocycles. The fourth-order valence-electron chi connectivity index (χ4n) is 1.03. The average molecular weight is 218 g/mol. The van der Waals surface area contributed by atoms with Crippen molar-refractivity contribution in [2.75, 3.05) is 0 Å². The lowest BCUT2D eigenvalue weighted by Gasteiger charge is -2.00. The number of benzene rings is 1. The predicted octanol–water partition coefficient (Wildman–Crippen LogP) is 1.41. The Morgan fingerprint density at radius 2 is 1.94 bits per heavy atom. The van der Waals surface area contributed by atoms with E-state index in [9.17, 15) is 9.59 Å². The largest absolute Gasteiger partial charge is 0.306 e. The highest BCUT2D eigenvalue weighted by Gasteiger charge is 1.98. The Balaban J connectivity index is 2.40. The van der Waals surface area contributed by atoms with Crippen molar-refractivity contribution in [3.05, 3.63) is 48.2 Å². The molecule has 0 fully saturated rings. The molecule has 2 N–H and O–H groups in total. The molecule has 1 amide bonds. The predicted molar refractivity (Wildman–Crippen MR) is 61.5 cm³/mol. The number of rotatable bonds is 5. The first kappa shape index (κ1) is 12.0. The van der Waals surface area contributed by atoms with Crippen LogP contribution in [0.4, 0.5) is 0 Å². The van der Waals surface area contributed by atoms with Gasteiger partial charge < -0.3 is 5.43 Å². The van der Waals surface area contributed by atoms with Gasteiger partial charge >= 0.3 is 0 Å². The van der Waals surface area contributed by atoms with Crippen molar-refractivity contribution < 1.29 is 9.59 Å². The van der Waals surface area contributed by atoms with Crippen LogP contribution in [-0.4, -0.2) is 11.7 Å². The highest BCUT2D eigenvalue weighted by atomic mass is 16.2. The third-order valence-electron chi connectivity index (χ3n) is 1.91. The van der Waals surface area contributed by atoms with Gasteiger partial charge in [0, 0.05) is 24.3 Å². The molecule has 0 spiro atoms. The van der Waals surface area contributed by atoms with Crippen LogP contribution in [0.5, 0.6) is 0 Å². The zero-order valence-corrected chi connectivity index (χ0v) is 9.07. The van der Waals surface area contributed by atoms with Crippen LogP contribution in [0.15, 0.2) is 42.6 Å². The van der Waals surface area contributed by atoms with E-state index >= 15 is 0 Å². The van der Waals surface area contributed by atoms with E-state index in [-0.39, 0.29) is 11.7 Å². The van der Waals surface area contributed by atoms with Gasteiger partial charge in [0.15, 0.2) is 5.78 Å². The Bertz CT molecular complexity index is 385. The molecule has 1 rings (SSSR count). The highest BCUT2D eigenvalue weighted by Crippen LogP contribution is 1.99. The lowest BCUT2D eigenvalue weighted by molar-refractivity contribution is -0.121. The molecule has 0 aliphatic heterocycles. The minimum Gasteiger partial charge on any atom is -0.306 e. The van der Waals surface area contributed by atoms with Crippen molar-refractivity contribution in [3.8, 4) is 0 Å². The number of hydrogen-bond donors (Lipinski definition) is 2. The van der Waals surface area contributed by atoms with Gasteiger partial charge in [0.2, 0.25) is 5.91 Å². The van der Waals surface area contributed by atoms with Crippen molar-refractivity contribution in [2.45, 2.75) is 13.3 Å². The first-order valence-electron chi connectivity index (χ1n) is 5.04. The normalized spacial score (nSPS) is 10.1. The third-order valence-corrected chi connectivity index (χ3v) is 1.91. The number of carbonyl (C=O) groups is 2. The molecule has 16 heavy (non-hydrogen) atoms. The van der Waals surface area contributed by atoms with Crippen LogP contribution in [-0.2, 0) is 4.79 Å². The van der Waals surface area contributed by atoms with Crippen LogP contribution >= 0.6 is 0 Å². The van der Waals surface area contributed by atoms with E-state index in [1.807, 2.05) is 6.07 Å². The number of hydrogen-bond acceptors (Lipinski definition) is 3. The maximum atomic E-state index is 11.5. The van der Waals surface area contributed by atoms with E-state index in [1.54, 1.807) is 31.2 Å². The summed E-state index contributed by atoms with van der Waals surface area (Å²) in [5.41, 5.74) is 5.56. The van der Waals surface area contributed by atoms with E-state index < -0.39 is 0 Å². The van der Waals surface area contributed by atoms with Gasteiger partial charge in [-0.25, -0.2) is 0 Å². The first-order valence-corrected chi connectivity index (χ1v) is 5.04. The monoisotopic (exact) mass is 218 g/mol. The standard InChI is InChI=1S/C12H14N2O2/c1-2-12(16)14-13-9-8-11(15)10-6-4-3-5-7-10/h3-9,13H,2H2,1H3,(H,14,16)/b9-8-. The Kier molecular flexibility index (Phi) is 4.79. The summed E-state index contributed by atoms with van der Waals surface area (Å²) in [5, 5.41) is 0. The van der Waals surface area contributed by atoms with Gasteiger partial charge in [-0.15, -0.1) is 0 Å². The van der Waals surface area contributed by atoms with Gasteiger partial charge in [-0.05, 0) is 0 Å². The molecule has 0 atom stereocenters. The van der Waals surface area contributed by atoms with E-state index in [4.69, 9.17) is 0 Å². The van der Waals surface area contributed by atoms with Crippen LogP contribution in [0.25, 0.3) is 0 Å². The van der Waals surface area contributed by atoms with Crippen LogP contribution in [0.1, 0.15) is 23.7 Å². The summed E-state index contributed by atoms with van der Waals surface area (Å²) < 4.78 is 0. The molecule has 4 heteroatoms. The minimum atomic E-state index is -0.128. The molecule has 84 valence electrons. The van der Waals surface area contributed by atoms with Gasteiger partial charge in [0.1, 0.15) is 0 Å². The van der Waals surface area contributed by atoms with Crippen molar-refractivity contribution in [1.29, 1.82) is 0 Å². The van der Waals surface area contributed by atoms with Gasteiger partial charge in [-0.1, -0.05) is 37.3 Å². The zero-order valence-electron chi connectivity index (χ0n) is 9.07. The molecule has 0 aliphatic carbocycles. The van der Waals surface area contributed by atoms with E-state index in [2.05, 4.69) is 10.9 Å². The molecule has 0 aliphatic rings. The second-order valence-corrected chi connectivity index (χ2v) is 3.11. The van der Waals surface area contributed by atoms with Crippen LogP contribution in [0, 0.1) is 0 Å². The Labute approximate surface area is 94.3 Å². The van der Waals surface area contributed by atoms with E-state index in [0.29, 0.717) is 12.0 Å². The molecule has 1 aromatic carbocycles. The Morgan fingerprint density at radius 3 is 2.56 bits per heavy atom. The third kappa shape index (κ3) is 3.96. The zero-order chi connectivity index (χ0) is 11.8. The fraction of sp³-hybridized carbons (Fsp3) is 0.167. The van der Waals surface area contributed by atoms with Crippen LogP contribution < -0.4 is 10.9 Å². The molecule has 0 radical (unpaired) electrons. The smallest absolute Gasteiger partial charge is 0.238 e. The summed E-state index contributed by atoms with van der Waals surface area (Å²) in [6, 6.07) is 8.91. The van der Waals surface area contributed by atoms with Crippen molar-refractivity contribution >= 4 is 11.7 Å². The summed E-state index contributed by atoms with van der Waals surface area (Å²) in [4.78, 5) is 22.4. The molecule has 0 heterocycles. The van der Waals surface area contributed by atoms with E-state index in [0.717, 1.165) is 0 Å². The molecule has 1 aromatic rings. The first-order chi connectivity index (χ1) is 7.74. The van der Waals surface area contributed by atoms with Crippen molar-refractivity contribution in [3.63, 3.8) is 0 Å². The van der Waals surface area contributed by atoms with Gasteiger partial charge in [-0.3, -0.25) is 15.0 Å². The SMILES string of the molecule is CCC(=O)NN/C=C\C(=O)c1ccccc1. The number of ketones is 1. The molecular formula is C12H14N2O2. The maximum absolute atomic E-state index is 11.5. The number of hydrazine groups is 1. The lowest BCUT2D eigenvalue weighted by Crippen LogP contribution is -2.32. The topological polar surface area (TPSA) is 58.2 Å². The van der Waals surface area contributed by atoms with E-state index in [1.165, 1.54) is 12.3 Å². The van der Waals surface area contributed by atoms with Crippen LogP contribution in [0.3, 0.4) is 0 Å². The number of carbonyl (C=O) groups excluding carboxylic acids is 2. The van der Waals surface area contributed by atoms with Gasteiger partial charge in [-0.2, -0.15) is 0 Å². The number of amides is 1. The summed E-state index contributed by atoms with van der Waals surface area (Å²) >= 11 is 0. The molecule has 0 unspecified atom stereocenters. The Hall–Kier alpha value is -2.10. The molecule has 0 saturated carbocycles. The van der Waals surface area contributed by atoms with Gasteiger partial charge in [0.05, 0.1) is 0 Å². The second kappa shape index (κ2) is 6.40. The van der Waals surface area contributed by atoms with Crippen LogP contribution in [0.2, 0.25) is 0 Å². The molecule has 4 nitrogen and oxygen atoms in total. The molecule has 0 saturated heterocycles. The molecule has 0 bridgehead atoms. The second-order valence-electron chi connectivity index (χ2n) is 3.11. The quantitative estimate of drug-likeness (QED) is 0.446. The summed E-state index contributed by atoms with van der Waals surface area (Å²) in [7, 11) is 0. The lowest BCUT2D eigenvalue weighted by atomic mass is 10.1. The minimum absolute atomic E-state index is 0.112. The number of allylic oxidation sites excluding steroid dienone is 1. The number of nitrogens with one attached hydrogen (secondary N) is 2. The van der Waals surface area contributed by atoms with Gasteiger partial charge in [0.25, 0.3) is 0 Å². The average Bonchev–Trinajstić information content (AvgIpc) is 2.35. The summed E-state index contributed by atoms with van der Waals surface area (Å²) in [5.74, 6) is -0.240. The summed E-state index contributed by atoms with van der Waals surface area (Å²) in [6.07, 6.45) is 3.17.